The van der Waals surface area contributed by atoms with Gasteiger partial charge in [0.15, 0.2) is 0 Å². The summed E-state index contributed by atoms with van der Waals surface area (Å²) in [6, 6.07) is 0.826. The smallest absolute Gasteiger partial charge is 0.336 e. The molecule has 18 heavy (non-hydrogen) atoms. The van der Waals surface area contributed by atoms with Crippen LogP contribution in [0.4, 0.5) is 0 Å². The number of rotatable bonds is 6. The zero-order chi connectivity index (χ0) is 13.9. The Morgan fingerprint density at radius 3 is 2.50 bits per heavy atom. The highest BCUT2D eigenvalue weighted by atomic mass is 32.2. The lowest BCUT2D eigenvalue weighted by molar-refractivity contribution is 0.0697. The number of sulfonamides is 1. The number of aliphatic hydroxyl groups is 1. The fraction of sp³-hybridized carbons (Fsp3) is 0.500. The summed E-state index contributed by atoms with van der Waals surface area (Å²) in [4.78, 5) is 10.7. The number of carbonyl (C=O) groups is 1. The highest BCUT2D eigenvalue weighted by molar-refractivity contribution is 7.91. The van der Waals surface area contributed by atoms with Crippen molar-refractivity contribution in [3.05, 3.63) is 17.0 Å². The topological polar surface area (TPSA) is 94.9 Å². The molecule has 2 N–H and O–H groups in total. The van der Waals surface area contributed by atoms with E-state index in [0.29, 0.717) is 0 Å². The number of hydrogen-bond acceptors (Lipinski definition) is 5. The molecule has 102 valence electrons. The molecule has 0 atom stereocenters. The van der Waals surface area contributed by atoms with Crippen molar-refractivity contribution in [2.45, 2.75) is 24.1 Å². The molecule has 0 aromatic carbocycles. The molecular weight excluding hydrogens is 278 g/mol. The zero-order valence-electron chi connectivity index (χ0n) is 10.0. The summed E-state index contributed by atoms with van der Waals surface area (Å²) < 4.78 is 25.6. The number of nitrogens with zero attached hydrogens (tertiary/aromatic N) is 1. The lowest BCUT2D eigenvalue weighted by Gasteiger charge is -2.24. The molecule has 0 radical (unpaired) electrons. The van der Waals surface area contributed by atoms with Crippen LogP contribution in [0.1, 0.15) is 24.2 Å². The van der Waals surface area contributed by atoms with Gasteiger partial charge in [-0.1, -0.05) is 0 Å². The first-order chi connectivity index (χ1) is 8.30. The molecule has 0 aliphatic carbocycles. The Labute approximate surface area is 110 Å². The summed E-state index contributed by atoms with van der Waals surface area (Å²) in [5, 5.41) is 19.0. The first kappa shape index (κ1) is 15.1. The van der Waals surface area contributed by atoms with E-state index in [0.717, 1.165) is 21.7 Å². The molecule has 0 amide bonds. The standard InChI is InChI=1S/C10H15NO5S2/c1-7(2)11(3-4-12)18(15,16)9-5-8(6-17-9)10(13)14/h5-7,12H,3-4H2,1-2H3,(H,13,14). The molecular formula is C10H15NO5S2. The molecule has 1 rings (SSSR count). The maximum atomic E-state index is 12.2. The maximum Gasteiger partial charge on any atom is 0.336 e. The fourth-order valence-electron chi connectivity index (χ4n) is 1.43. The Bertz CT molecular complexity index is 520. The van der Waals surface area contributed by atoms with Gasteiger partial charge in [0.25, 0.3) is 10.0 Å². The van der Waals surface area contributed by atoms with Gasteiger partial charge < -0.3 is 10.2 Å². The Kier molecular flexibility index (Phi) is 4.85. The van der Waals surface area contributed by atoms with Gasteiger partial charge in [0, 0.05) is 18.0 Å². The van der Waals surface area contributed by atoms with Crippen LogP contribution in [0.15, 0.2) is 15.7 Å². The Morgan fingerprint density at radius 2 is 2.11 bits per heavy atom. The molecule has 0 bridgehead atoms. The van der Waals surface area contributed by atoms with Crippen molar-refractivity contribution >= 4 is 27.3 Å². The second-order valence-corrected chi connectivity index (χ2v) is 6.92. The van der Waals surface area contributed by atoms with E-state index in [-0.39, 0.29) is 29.0 Å². The molecule has 6 nitrogen and oxygen atoms in total. The summed E-state index contributed by atoms with van der Waals surface area (Å²) in [6.07, 6.45) is 0. The molecule has 0 saturated heterocycles. The average molecular weight is 293 g/mol. The minimum atomic E-state index is -3.75. The number of carboxylic acids is 1. The number of hydrogen-bond donors (Lipinski definition) is 2. The summed E-state index contributed by atoms with van der Waals surface area (Å²) in [6.45, 7) is 3.09. The van der Waals surface area contributed by atoms with E-state index in [4.69, 9.17) is 10.2 Å². The third-order valence-corrected chi connectivity index (χ3v) is 5.77. The molecule has 0 spiro atoms. The molecule has 1 heterocycles. The van der Waals surface area contributed by atoms with Crippen LogP contribution in [0.5, 0.6) is 0 Å². The maximum absolute atomic E-state index is 12.2. The van der Waals surface area contributed by atoms with Crippen molar-refractivity contribution in [1.82, 2.24) is 4.31 Å². The Balaban J connectivity index is 3.14. The largest absolute Gasteiger partial charge is 0.478 e. The van der Waals surface area contributed by atoms with Crippen molar-refractivity contribution < 1.29 is 23.4 Å². The minimum absolute atomic E-state index is 0.0136. The van der Waals surface area contributed by atoms with Crippen LogP contribution in [0.3, 0.4) is 0 Å². The predicted molar refractivity (Wildman–Crippen MR) is 67.4 cm³/mol. The summed E-state index contributed by atoms with van der Waals surface area (Å²) >= 11 is 0.864. The van der Waals surface area contributed by atoms with Gasteiger partial charge in [-0.05, 0) is 19.9 Å². The lowest BCUT2D eigenvalue weighted by atomic mass is 10.4. The van der Waals surface area contributed by atoms with Gasteiger partial charge in [-0.15, -0.1) is 11.3 Å². The van der Waals surface area contributed by atoms with E-state index < -0.39 is 16.0 Å². The van der Waals surface area contributed by atoms with Crippen molar-refractivity contribution in [3.8, 4) is 0 Å². The molecule has 1 aromatic heterocycles. The Hall–Kier alpha value is -0.960. The van der Waals surface area contributed by atoms with Gasteiger partial charge in [0.05, 0.1) is 12.2 Å². The number of carboxylic acid groups (broad SMARTS) is 1. The fourth-order valence-corrected chi connectivity index (χ4v) is 4.34. The molecule has 0 unspecified atom stereocenters. The molecule has 0 aliphatic heterocycles. The minimum Gasteiger partial charge on any atom is -0.478 e. The number of thiophene rings is 1. The summed E-state index contributed by atoms with van der Waals surface area (Å²) in [5.41, 5.74) is -0.0497. The summed E-state index contributed by atoms with van der Waals surface area (Å²) in [7, 11) is -3.75. The first-order valence-electron chi connectivity index (χ1n) is 5.25. The van der Waals surface area contributed by atoms with Gasteiger partial charge in [0.1, 0.15) is 4.21 Å². The van der Waals surface area contributed by atoms with Gasteiger partial charge in [-0.3, -0.25) is 0 Å². The van der Waals surface area contributed by atoms with Crippen molar-refractivity contribution in [1.29, 1.82) is 0 Å². The van der Waals surface area contributed by atoms with Crippen LogP contribution in [-0.4, -0.2) is 48.1 Å². The van der Waals surface area contributed by atoms with E-state index in [2.05, 4.69) is 0 Å². The van der Waals surface area contributed by atoms with Crippen LogP contribution < -0.4 is 0 Å². The molecule has 0 fully saturated rings. The van der Waals surface area contributed by atoms with E-state index in [1.807, 2.05) is 0 Å². The monoisotopic (exact) mass is 293 g/mol. The van der Waals surface area contributed by atoms with E-state index in [1.54, 1.807) is 13.8 Å². The third-order valence-electron chi connectivity index (χ3n) is 2.28. The zero-order valence-corrected chi connectivity index (χ0v) is 11.7. The number of aromatic carboxylic acids is 1. The number of aliphatic hydroxyl groups excluding tert-OH is 1. The highest BCUT2D eigenvalue weighted by Gasteiger charge is 2.28. The highest BCUT2D eigenvalue weighted by Crippen LogP contribution is 2.25. The van der Waals surface area contributed by atoms with Crippen molar-refractivity contribution in [2.75, 3.05) is 13.2 Å². The molecule has 0 aliphatic rings. The van der Waals surface area contributed by atoms with E-state index >= 15 is 0 Å². The normalized spacial score (nSPS) is 12.3. The van der Waals surface area contributed by atoms with Crippen molar-refractivity contribution in [2.24, 2.45) is 0 Å². The van der Waals surface area contributed by atoms with Gasteiger partial charge in [-0.2, -0.15) is 4.31 Å². The predicted octanol–water partition coefficient (Wildman–Crippen LogP) is 0.838. The SMILES string of the molecule is CC(C)N(CCO)S(=O)(=O)c1cc(C(=O)O)cs1. The second-order valence-electron chi connectivity index (χ2n) is 3.89. The average Bonchev–Trinajstić information content (AvgIpc) is 2.74. The van der Waals surface area contributed by atoms with Crippen LogP contribution >= 0.6 is 11.3 Å². The quantitative estimate of drug-likeness (QED) is 0.810. The lowest BCUT2D eigenvalue weighted by Crippen LogP contribution is -2.38. The van der Waals surface area contributed by atoms with Crippen molar-refractivity contribution in [3.63, 3.8) is 0 Å². The van der Waals surface area contributed by atoms with Gasteiger partial charge in [-0.25, -0.2) is 13.2 Å². The van der Waals surface area contributed by atoms with Crippen LogP contribution in [0.2, 0.25) is 0 Å². The first-order valence-corrected chi connectivity index (χ1v) is 7.57. The molecule has 0 saturated carbocycles. The third kappa shape index (κ3) is 3.08. The van der Waals surface area contributed by atoms with Crippen LogP contribution in [0, 0.1) is 0 Å². The van der Waals surface area contributed by atoms with Crippen LogP contribution in [0.25, 0.3) is 0 Å². The summed E-state index contributed by atoms with van der Waals surface area (Å²) in [5.74, 6) is -1.16. The van der Waals surface area contributed by atoms with Crippen LogP contribution in [-0.2, 0) is 10.0 Å². The second kappa shape index (κ2) is 5.79. The molecule has 1 aromatic rings. The molecule has 8 heteroatoms. The van der Waals surface area contributed by atoms with E-state index in [1.165, 1.54) is 5.38 Å². The van der Waals surface area contributed by atoms with E-state index in [9.17, 15) is 13.2 Å². The van der Waals surface area contributed by atoms with Gasteiger partial charge in [0.2, 0.25) is 0 Å². The van der Waals surface area contributed by atoms with Gasteiger partial charge >= 0.3 is 5.97 Å². The Morgan fingerprint density at radius 1 is 1.50 bits per heavy atom.